The Balaban J connectivity index is 3.02. The second-order valence-electron chi connectivity index (χ2n) is 1.09. The summed E-state index contributed by atoms with van der Waals surface area (Å²) in [7, 11) is 0. The Labute approximate surface area is 40.8 Å². The molecule has 1 heterocycles. The van der Waals surface area contributed by atoms with Crippen molar-refractivity contribution < 1.29 is 4.39 Å². The summed E-state index contributed by atoms with van der Waals surface area (Å²) in [5, 5.41) is 0. The maximum absolute atomic E-state index is 11.8. The molecular formula is C5H3FN. The van der Waals surface area contributed by atoms with Gasteiger partial charge in [0.25, 0.3) is 0 Å². The predicted molar refractivity (Wildman–Crippen MR) is 23.0 cm³/mol. The van der Waals surface area contributed by atoms with Crippen molar-refractivity contribution in [2.75, 3.05) is 0 Å². The summed E-state index contributed by atoms with van der Waals surface area (Å²) in [5.74, 6) is -0.414. The Kier molecular flexibility index (Phi) is 1.02. The predicted octanol–water partition coefficient (Wildman–Crippen LogP) is 1.02. The molecule has 1 radical (unpaired) electrons. The molecule has 0 aliphatic heterocycles. The van der Waals surface area contributed by atoms with E-state index < -0.39 is 5.82 Å². The average Bonchev–Trinajstić information content (AvgIpc) is 1.69. The third-order valence-electron chi connectivity index (χ3n) is 0.570. The maximum atomic E-state index is 11.8. The largest absolute Gasteiger partial charge is 0.262 e. The molecule has 0 aliphatic carbocycles. The van der Waals surface area contributed by atoms with E-state index in [0.717, 1.165) is 6.20 Å². The first-order valence-electron chi connectivity index (χ1n) is 1.87. The Bertz CT molecular complexity index is 138. The molecule has 0 saturated heterocycles. The van der Waals surface area contributed by atoms with Crippen molar-refractivity contribution >= 4 is 0 Å². The molecule has 2 heteroatoms. The summed E-state index contributed by atoms with van der Waals surface area (Å²) in [4.78, 5) is 3.48. The second-order valence-corrected chi connectivity index (χ2v) is 1.09. The molecule has 0 bridgehead atoms. The van der Waals surface area contributed by atoms with E-state index in [4.69, 9.17) is 0 Å². The first-order chi connectivity index (χ1) is 3.39. The van der Waals surface area contributed by atoms with Crippen LogP contribution in [0.15, 0.2) is 18.5 Å². The van der Waals surface area contributed by atoms with Crippen LogP contribution in [0, 0.1) is 11.9 Å². The lowest BCUT2D eigenvalue weighted by Crippen LogP contribution is -1.71. The van der Waals surface area contributed by atoms with Gasteiger partial charge in [-0.15, -0.1) is 0 Å². The third-order valence-corrected chi connectivity index (χ3v) is 0.570. The summed E-state index contributed by atoms with van der Waals surface area (Å²) in [5.41, 5.74) is 0. The molecule has 0 N–H and O–H groups in total. The molecule has 0 saturated carbocycles. The van der Waals surface area contributed by atoms with Gasteiger partial charge in [-0.2, -0.15) is 0 Å². The van der Waals surface area contributed by atoms with Gasteiger partial charge in [-0.3, -0.25) is 4.98 Å². The zero-order valence-electron chi connectivity index (χ0n) is 3.56. The fraction of sp³-hybridized carbons (Fsp3) is 0. The van der Waals surface area contributed by atoms with Crippen LogP contribution in [0.4, 0.5) is 4.39 Å². The number of pyridine rings is 1. The highest BCUT2D eigenvalue weighted by Gasteiger charge is 1.79. The SMILES string of the molecule is Fc1[c]ccnc1. The normalized spacial score (nSPS) is 8.71. The highest BCUT2D eigenvalue weighted by Crippen LogP contribution is 1.86. The summed E-state index contributed by atoms with van der Waals surface area (Å²) in [6.45, 7) is 0. The van der Waals surface area contributed by atoms with Crippen LogP contribution in [0.2, 0.25) is 0 Å². The van der Waals surface area contributed by atoms with E-state index in [1.165, 1.54) is 12.3 Å². The van der Waals surface area contributed by atoms with Gasteiger partial charge in [-0.25, -0.2) is 4.39 Å². The zero-order valence-corrected chi connectivity index (χ0v) is 3.56. The van der Waals surface area contributed by atoms with Crippen molar-refractivity contribution in [2.45, 2.75) is 0 Å². The van der Waals surface area contributed by atoms with Gasteiger partial charge in [0, 0.05) is 12.3 Å². The quantitative estimate of drug-likeness (QED) is 0.470. The molecular weight excluding hydrogens is 93.1 g/mol. The number of hydrogen-bond donors (Lipinski definition) is 0. The Morgan fingerprint density at radius 3 is 2.86 bits per heavy atom. The van der Waals surface area contributed by atoms with Crippen LogP contribution in [-0.2, 0) is 0 Å². The van der Waals surface area contributed by atoms with E-state index in [-0.39, 0.29) is 0 Å². The molecule has 0 unspecified atom stereocenters. The number of aromatic nitrogens is 1. The number of rotatable bonds is 0. The molecule has 1 aromatic rings. The van der Waals surface area contributed by atoms with Gasteiger partial charge < -0.3 is 0 Å². The van der Waals surface area contributed by atoms with Crippen molar-refractivity contribution in [1.82, 2.24) is 4.98 Å². The number of hydrogen-bond acceptors (Lipinski definition) is 1. The van der Waals surface area contributed by atoms with Crippen LogP contribution in [0.5, 0.6) is 0 Å². The van der Waals surface area contributed by atoms with Crippen LogP contribution in [0.25, 0.3) is 0 Å². The second kappa shape index (κ2) is 1.69. The Hall–Kier alpha value is -0.920. The van der Waals surface area contributed by atoms with Gasteiger partial charge in [0.2, 0.25) is 0 Å². The first-order valence-corrected chi connectivity index (χ1v) is 1.87. The van der Waals surface area contributed by atoms with Crippen molar-refractivity contribution in [1.29, 1.82) is 0 Å². The fourth-order valence-corrected chi connectivity index (χ4v) is 0.306. The van der Waals surface area contributed by atoms with Crippen molar-refractivity contribution in [3.8, 4) is 0 Å². The lowest BCUT2D eigenvalue weighted by Gasteiger charge is -1.77. The van der Waals surface area contributed by atoms with E-state index >= 15 is 0 Å². The standard InChI is InChI=1S/C5H3FN/c6-5-2-1-3-7-4-5/h1,3-4H. The number of halogens is 1. The molecule has 0 aromatic carbocycles. The zero-order chi connectivity index (χ0) is 5.11. The smallest absolute Gasteiger partial charge is 0.149 e. The van der Waals surface area contributed by atoms with E-state index in [1.807, 2.05) is 0 Å². The van der Waals surface area contributed by atoms with Crippen LogP contribution < -0.4 is 0 Å². The Morgan fingerprint density at radius 1 is 1.71 bits per heavy atom. The van der Waals surface area contributed by atoms with Crippen LogP contribution >= 0.6 is 0 Å². The van der Waals surface area contributed by atoms with E-state index in [1.54, 1.807) is 0 Å². The molecule has 0 aliphatic rings. The van der Waals surface area contributed by atoms with Crippen molar-refractivity contribution in [3.05, 3.63) is 30.3 Å². The minimum Gasteiger partial charge on any atom is -0.262 e. The Morgan fingerprint density at radius 2 is 2.57 bits per heavy atom. The van der Waals surface area contributed by atoms with Crippen molar-refractivity contribution in [3.63, 3.8) is 0 Å². The number of nitrogens with zero attached hydrogens (tertiary/aromatic N) is 1. The monoisotopic (exact) mass is 96.0 g/mol. The van der Waals surface area contributed by atoms with Crippen molar-refractivity contribution in [2.24, 2.45) is 0 Å². The van der Waals surface area contributed by atoms with E-state index in [0.29, 0.717) is 0 Å². The van der Waals surface area contributed by atoms with Crippen LogP contribution in [-0.4, -0.2) is 4.98 Å². The van der Waals surface area contributed by atoms with Gasteiger partial charge >= 0.3 is 0 Å². The molecule has 0 fully saturated rings. The van der Waals surface area contributed by atoms with Gasteiger partial charge in [-0.05, 0) is 6.07 Å². The molecule has 1 rings (SSSR count). The molecule has 0 amide bonds. The summed E-state index contributed by atoms with van der Waals surface area (Å²) >= 11 is 0. The van der Waals surface area contributed by atoms with Crippen LogP contribution in [0.3, 0.4) is 0 Å². The molecule has 1 nitrogen and oxygen atoms in total. The summed E-state index contributed by atoms with van der Waals surface area (Å²) in [6, 6.07) is 3.73. The fourth-order valence-electron chi connectivity index (χ4n) is 0.306. The van der Waals surface area contributed by atoms with Gasteiger partial charge in [0.05, 0.1) is 6.20 Å². The summed E-state index contributed by atoms with van der Waals surface area (Å²) in [6.07, 6.45) is 2.59. The lowest BCUT2D eigenvalue weighted by molar-refractivity contribution is 0.619. The molecule has 1 aromatic heterocycles. The van der Waals surface area contributed by atoms with E-state index in [9.17, 15) is 4.39 Å². The van der Waals surface area contributed by atoms with Crippen LogP contribution in [0.1, 0.15) is 0 Å². The molecule has 35 valence electrons. The molecule has 0 spiro atoms. The van der Waals surface area contributed by atoms with Gasteiger partial charge in [-0.1, -0.05) is 0 Å². The van der Waals surface area contributed by atoms with Gasteiger partial charge in [0.1, 0.15) is 5.82 Å². The first kappa shape index (κ1) is 4.24. The summed E-state index contributed by atoms with van der Waals surface area (Å²) < 4.78 is 11.8. The minimum atomic E-state index is -0.414. The van der Waals surface area contributed by atoms with E-state index in [2.05, 4.69) is 11.1 Å². The molecule has 0 atom stereocenters. The highest BCUT2D eigenvalue weighted by atomic mass is 19.1. The maximum Gasteiger partial charge on any atom is 0.149 e. The lowest BCUT2D eigenvalue weighted by atomic mass is 10.5. The average molecular weight is 96.1 g/mol. The minimum absolute atomic E-state index is 0.414. The van der Waals surface area contributed by atoms with Gasteiger partial charge in [0.15, 0.2) is 0 Å². The highest BCUT2D eigenvalue weighted by molar-refractivity contribution is 4.89. The third kappa shape index (κ3) is 0.961. The molecule has 7 heavy (non-hydrogen) atoms. The topological polar surface area (TPSA) is 12.9 Å².